The summed E-state index contributed by atoms with van der Waals surface area (Å²) in [5, 5.41) is 0.791. The molecular weight excluding hydrogens is 416 g/mol. The Balaban J connectivity index is 1.22. The largest absolute Gasteiger partial charge is 0.303 e. The maximum absolute atomic E-state index is 12.8. The van der Waals surface area contributed by atoms with Crippen LogP contribution < -0.4 is 0 Å². The van der Waals surface area contributed by atoms with Crippen molar-refractivity contribution in [1.82, 2.24) is 9.80 Å². The van der Waals surface area contributed by atoms with E-state index < -0.39 is 0 Å². The van der Waals surface area contributed by atoms with Crippen LogP contribution in [0.5, 0.6) is 0 Å². The molecule has 6 heteroatoms. The molecular formula is C24H27ClN2O2S. The van der Waals surface area contributed by atoms with E-state index >= 15 is 0 Å². The molecule has 0 N–H and O–H groups in total. The van der Waals surface area contributed by atoms with Crippen molar-refractivity contribution in [2.75, 3.05) is 31.9 Å². The van der Waals surface area contributed by atoms with Crippen LogP contribution in [0.3, 0.4) is 0 Å². The molecule has 0 unspecified atom stereocenters. The van der Waals surface area contributed by atoms with Crippen LogP contribution in [0.2, 0.25) is 5.02 Å². The Morgan fingerprint density at radius 1 is 0.933 bits per heavy atom. The van der Waals surface area contributed by atoms with E-state index in [4.69, 9.17) is 11.6 Å². The fraction of sp³-hybridized carbons (Fsp3) is 0.417. The number of halogens is 1. The summed E-state index contributed by atoms with van der Waals surface area (Å²) < 4.78 is 0. The minimum absolute atomic E-state index is 0.0787. The van der Waals surface area contributed by atoms with Crippen molar-refractivity contribution >= 4 is 35.2 Å². The average Bonchev–Trinajstić information content (AvgIpc) is 2.89. The predicted molar refractivity (Wildman–Crippen MR) is 122 cm³/mol. The van der Waals surface area contributed by atoms with Gasteiger partial charge in [0.05, 0.1) is 11.3 Å². The van der Waals surface area contributed by atoms with Crippen LogP contribution >= 0.6 is 23.4 Å². The number of fused-ring (bicyclic) bond motifs is 1. The standard InChI is InChI=1S/C24H27ClN2O2S/c25-20-9-7-18(8-10-20)19-11-15-26(16-12-19)13-3-4-14-27-23(28)17-30-22-6-2-1-5-21(22)24(27)29/h1-2,5-10,19H,3-4,11-17H2. The molecule has 0 atom stereocenters. The zero-order chi connectivity index (χ0) is 20.9. The van der Waals surface area contributed by atoms with Crippen LogP contribution in [0.1, 0.15) is 47.5 Å². The van der Waals surface area contributed by atoms with E-state index in [9.17, 15) is 9.59 Å². The summed E-state index contributed by atoms with van der Waals surface area (Å²) in [6.45, 7) is 3.72. The minimum atomic E-state index is -0.149. The van der Waals surface area contributed by atoms with E-state index in [1.165, 1.54) is 35.1 Å². The summed E-state index contributed by atoms with van der Waals surface area (Å²) in [5.41, 5.74) is 2.04. The van der Waals surface area contributed by atoms with Gasteiger partial charge in [-0.3, -0.25) is 14.5 Å². The molecule has 158 valence electrons. The molecule has 0 bridgehead atoms. The zero-order valence-corrected chi connectivity index (χ0v) is 18.6. The van der Waals surface area contributed by atoms with Gasteiger partial charge in [0.15, 0.2) is 0 Å². The molecule has 2 amide bonds. The Bertz CT molecular complexity index is 894. The number of benzene rings is 2. The Kier molecular flexibility index (Phi) is 7.13. The Labute approximate surface area is 187 Å². The third-order valence-corrected chi connectivity index (χ3v) is 7.36. The number of thioether (sulfide) groups is 1. The molecule has 4 nitrogen and oxygen atoms in total. The molecule has 2 aliphatic rings. The van der Waals surface area contributed by atoms with Gasteiger partial charge in [-0.2, -0.15) is 0 Å². The second-order valence-corrected chi connectivity index (χ2v) is 9.46. The van der Waals surface area contributed by atoms with Crippen molar-refractivity contribution in [3.8, 4) is 0 Å². The number of likely N-dealkylation sites (tertiary alicyclic amines) is 1. The van der Waals surface area contributed by atoms with Crippen LogP contribution in [-0.2, 0) is 4.79 Å². The molecule has 1 saturated heterocycles. The first-order chi connectivity index (χ1) is 14.6. The molecule has 2 aliphatic heterocycles. The lowest BCUT2D eigenvalue weighted by molar-refractivity contribution is -0.125. The first-order valence-electron chi connectivity index (χ1n) is 10.7. The zero-order valence-electron chi connectivity index (χ0n) is 17.1. The summed E-state index contributed by atoms with van der Waals surface area (Å²) in [4.78, 5) is 30.1. The first kappa shape index (κ1) is 21.4. The van der Waals surface area contributed by atoms with Crippen LogP contribution in [0, 0.1) is 0 Å². The lowest BCUT2D eigenvalue weighted by atomic mass is 9.89. The van der Waals surface area contributed by atoms with Crippen molar-refractivity contribution in [3.63, 3.8) is 0 Å². The van der Waals surface area contributed by atoms with Gasteiger partial charge in [-0.05, 0) is 81.1 Å². The molecule has 0 aliphatic carbocycles. The van der Waals surface area contributed by atoms with E-state index in [1.807, 2.05) is 36.4 Å². The number of unbranched alkanes of at least 4 members (excludes halogenated alkanes) is 1. The van der Waals surface area contributed by atoms with Gasteiger partial charge >= 0.3 is 0 Å². The van der Waals surface area contributed by atoms with Crippen LogP contribution in [0.25, 0.3) is 0 Å². The number of nitrogens with zero attached hydrogens (tertiary/aromatic N) is 2. The lowest BCUT2D eigenvalue weighted by Crippen LogP contribution is -2.38. The van der Waals surface area contributed by atoms with Gasteiger partial charge in [0.25, 0.3) is 5.91 Å². The van der Waals surface area contributed by atoms with E-state index in [2.05, 4.69) is 17.0 Å². The molecule has 2 aromatic carbocycles. The highest BCUT2D eigenvalue weighted by Crippen LogP contribution is 2.29. The van der Waals surface area contributed by atoms with Crippen molar-refractivity contribution < 1.29 is 9.59 Å². The summed E-state index contributed by atoms with van der Waals surface area (Å²) in [7, 11) is 0. The number of hydrogen-bond acceptors (Lipinski definition) is 4. The van der Waals surface area contributed by atoms with Crippen LogP contribution in [-0.4, -0.2) is 53.5 Å². The molecule has 2 aromatic rings. The maximum atomic E-state index is 12.8. The number of rotatable bonds is 6. The molecule has 0 saturated carbocycles. The third-order valence-electron chi connectivity index (χ3n) is 6.05. The predicted octanol–water partition coefficient (Wildman–Crippen LogP) is 5.07. The van der Waals surface area contributed by atoms with Crippen molar-refractivity contribution in [2.45, 2.75) is 36.5 Å². The number of amides is 2. The normalized spacial score (nSPS) is 18.4. The van der Waals surface area contributed by atoms with Crippen molar-refractivity contribution in [1.29, 1.82) is 0 Å². The third kappa shape index (κ3) is 5.08. The molecule has 0 radical (unpaired) electrons. The maximum Gasteiger partial charge on any atom is 0.261 e. The van der Waals surface area contributed by atoms with Crippen molar-refractivity contribution in [2.24, 2.45) is 0 Å². The lowest BCUT2D eigenvalue weighted by Gasteiger charge is -2.32. The molecule has 0 spiro atoms. The Morgan fingerprint density at radius 3 is 2.40 bits per heavy atom. The fourth-order valence-corrected chi connectivity index (χ4v) is 5.35. The highest BCUT2D eigenvalue weighted by Gasteiger charge is 2.28. The van der Waals surface area contributed by atoms with Crippen LogP contribution in [0.15, 0.2) is 53.4 Å². The van der Waals surface area contributed by atoms with Gasteiger partial charge in [0, 0.05) is 16.5 Å². The molecule has 0 aromatic heterocycles. The molecule has 4 rings (SSSR count). The van der Waals surface area contributed by atoms with Gasteiger partial charge < -0.3 is 4.90 Å². The van der Waals surface area contributed by atoms with Gasteiger partial charge in [0.2, 0.25) is 5.91 Å². The number of carbonyl (C=O) groups is 2. The quantitative estimate of drug-likeness (QED) is 0.462. The van der Waals surface area contributed by atoms with Gasteiger partial charge in [0.1, 0.15) is 0 Å². The minimum Gasteiger partial charge on any atom is -0.303 e. The van der Waals surface area contributed by atoms with Gasteiger partial charge in [-0.1, -0.05) is 35.9 Å². The van der Waals surface area contributed by atoms with E-state index in [0.29, 0.717) is 23.8 Å². The van der Waals surface area contributed by atoms with E-state index in [0.717, 1.165) is 42.4 Å². The highest BCUT2D eigenvalue weighted by molar-refractivity contribution is 8.00. The fourth-order valence-electron chi connectivity index (χ4n) is 4.30. The number of hydrogen-bond donors (Lipinski definition) is 0. The van der Waals surface area contributed by atoms with E-state index in [1.54, 1.807) is 0 Å². The number of imide groups is 1. The summed E-state index contributed by atoms with van der Waals surface area (Å²) in [5.74, 6) is 0.721. The second-order valence-electron chi connectivity index (χ2n) is 8.01. The number of piperidine rings is 1. The molecule has 2 heterocycles. The first-order valence-corrected chi connectivity index (χ1v) is 12.0. The smallest absolute Gasteiger partial charge is 0.261 e. The van der Waals surface area contributed by atoms with E-state index in [-0.39, 0.29) is 11.8 Å². The monoisotopic (exact) mass is 442 g/mol. The second kappa shape index (κ2) is 9.99. The topological polar surface area (TPSA) is 40.6 Å². The molecule has 30 heavy (non-hydrogen) atoms. The summed E-state index contributed by atoms with van der Waals surface area (Å²) >= 11 is 7.46. The Hall–Kier alpha value is -1.82. The van der Waals surface area contributed by atoms with Crippen LogP contribution in [0.4, 0.5) is 0 Å². The SMILES string of the molecule is O=C1CSc2ccccc2C(=O)N1CCCCN1CCC(c2ccc(Cl)cc2)CC1. The van der Waals surface area contributed by atoms with Gasteiger partial charge in [-0.15, -0.1) is 11.8 Å². The number of carbonyl (C=O) groups excluding carboxylic acids is 2. The summed E-state index contributed by atoms with van der Waals surface area (Å²) in [6, 6.07) is 15.8. The highest BCUT2D eigenvalue weighted by atomic mass is 35.5. The Morgan fingerprint density at radius 2 is 1.63 bits per heavy atom. The molecule has 1 fully saturated rings. The van der Waals surface area contributed by atoms with Crippen molar-refractivity contribution in [3.05, 3.63) is 64.7 Å². The average molecular weight is 443 g/mol. The summed E-state index contributed by atoms with van der Waals surface area (Å²) in [6.07, 6.45) is 4.18. The van der Waals surface area contributed by atoms with Gasteiger partial charge in [-0.25, -0.2) is 0 Å².